The number of hydrogen-bond donors (Lipinski definition) is 3. The second-order valence-electron chi connectivity index (χ2n) is 8.19. The third kappa shape index (κ3) is 13.7. The molecule has 6 heteroatoms. The Labute approximate surface area is 183 Å². The minimum Gasteiger partial charge on any atom is -0.352 e. The molecule has 0 aliphatic carbocycles. The predicted octanol–water partition coefficient (Wildman–Crippen LogP) is 6.06. The van der Waals surface area contributed by atoms with Crippen molar-refractivity contribution in [1.29, 1.82) is 0 Å². The standard InChI is InChI=1S/C24H42NO4P/c1-7-11-21(5)18-22(6)15-10-13-19(3)12-9-14-20(4)16-17-25-24(26)23(8-2)30(27,28)29/h7,11-12,15-16,21,23H,8-10,13-14,17-18H2,1-6H3,(H,25,26)(H2,27,28,29)/b11-7+,19-12+,20-16+,22-15+. The van der Waals surface area contributed by atoms with Crippen molar-refractivity contribution in [3.63, 3.8) is 0 Å². The van der Waals surface area contributed by atoms with Gasteiger partial charge in [-0.15, -0.1) is 0 Å². The van der Waals surface area contributed by atoms with Crippen LogP contribution in [-0.2, 0) is 9.36 Å². The lowest BCUT2D eigenvalue weighted by Gasteiger charge is -2.15. The molecule has 172 valence electrons. The van der Waals surface area contributed by atoms with E-state index in [9.17, 15) is 19.1 Å². The summed E-state index contributed by atoms with van der Waals surface area (Å²) in [7, 11) is -4.40. The first-order valence-corrected chi connectivity index (χ1v) is 12.6. The van der Waals surface area contributed by atoms with Gasteiger partial charge in [-0.1, -0.05) is 60.9 Å². The molecule has 0 aliphatic heterocycles. The average molecular weight is 440 g/mol. The van der Waals surface area contributed by atoms with Crippen LogP contribution < -0.4 is 5.32 Å². The summed E-state index contributed by atoms with van der Waals surface area (Å²) < 4.78 is 11.3. The molecule has 0 saturated carbocycles. The highest BCUT2D eigenvalue weighted by Crippen LogP contribution is 2.42. The Morgan fingerprint density at radius 1 is 1.00 bits per heavy atom. The number of hydrogen-bond acceptors (Lipinski definition) is 2. The molecule has 0 aromatic heterocycles. The van der Waals surface area contributed by atoms with Gasteiger partial charge in [-0.05, 0) is 72.1 Å². The van der Waals surface area contributed by atoms with Gasteiger partial charge in [-0.3, -0.25) is 9.36 Å². The van der Waals surface area contributed by atoms with Crippen molar-refractivity contribution < 1.29 is 19.1 Å². The Kier molecular flexibility index (Phi) is 14.7. The molecular formula is C24H42NO4P. The first-order valence-electron chi connectivity index (χ1n) is 10.9. The molecule has 30 heavy (non-hydrogen) atoms. The summed E-state index contributed by atoms with van der Waals surface area (Å²) in [6.45, 7) is 12.6. The third-order valence-corrected chi connectivity index (χ3v) is 6.46. The molecule has 0 spiro atoms. The Morgan fingerprint density at radius 2 is 1.53 bits per heavy atom. The van der Waals surface area contributed by atoms with Crippen molar-refractivity contribution in [1.82, 2.24) is 5.32 Å². The smallest absolute Gasteiger partial charge is 0.337 e. The number of amides is 1. The zero-order valence-electron chi connectivity index (χ0n) is 19.6. The van der Waals surface area contributed by atoms with Crippen molar-refractivity contribution >= 4 is 13.5 Å². The van der Waals surface area contributed by atoms with E-state index in [1.807, 2.05) is 13.0 Å². The van der Waals surface area contributed by atoms with Crippen LogP contribution in [-0.4, -0.2) is 27.9 Å². The van der Waals surface area contributed by atoms with Crippen LogP contribution >= 0.6 is 7.60 Å². The Morgan fingerprint density at radius 3 is 2.03 bits per heavy atom. The number of carbonyl (C=O) groups is 1. The maximum absolute atomic E-state index is 11.9. The maximum Gasteiger partial charge on any atom is 0.337 e. The molecular weight excluding hydrogens is 397 g/mol. The van der Waals surface area contributed by atoms with Crippen molar-refractivity contribution in [2.75, 3.05) is 6.54 Å². The minimum absolute atomic E-state index is 0.117. The zero-order chi connectivity index (χ0) is 23.2. The molecule has 0 heterocycles. The van der Waals surface area contributed by atoms with Gasteiger partial charge >= 0.3 is 7.60 Å². The van der Waals surface area contributed by atoms with E-state index in [0.717, 1.165) is 37.7 Å². The fraction of sp³-hybridized carbons (Fsp3) is 0.625. The van der Waals surface area contributed by atoms with Crippen LogP contribution in [0, 0.1) is 5.92 Å². The van der Waals surface area contributed by atoms with Gasteiger partial charge in [-0.2, -0.15) is 0 Å². The van der Waals surface area contributed by atoms with Crippen LogP contribution in [0.15, 0.2) is 47.1 Å². The summed E-state index contributed by atoms with van der Waals surface area (Å²) in [6, 6.07) is 0. The van der Waals surface area contributed by atoms with Gasteiger partial charge in [-0.25, -0.2) is 0 Å². The van der Waals surface area contributed by atoms with Crippen molar-refractivity contribution in [3.05, 3.63) is 47.1 Å². The normalized spacial score (nSPS) is 16.1. The molecule has 5 nitrogen and oxygen atoms in total. The third-order valence-electron chi connectivity index (χ3n) is 5.05. The summed E-state index contributed by atoms with van der Waals surface area (Å²) in [4.78, 5) is 30.3. The monoisotopic (exact) mass is 439 g/mol. The van der Waals surface area contributed by atoms with Crippen LogP contribution in [0.2, 0.25) is 0 Å². The predicted molar refractivity (Wildman–Crippen MR) is 127 cm³/mol. The van der Waals surface area contributed by atoms with E-state index in [4.69, 9.17) is 0 Å². The minimum atomic E-state index is -4.40. The highest BCUT2D eigenvalue weighted by atomic mass is 31.2. The van der Waals surface area contributed by atoms with E-state index in [1.54, 1.807) is 6.92 Å². The molecule has 2 atom stereocenters. The second-order valence-corrected chi connectivity index (χ2v) is 10.00. The summed E-state index contributed by atoms with van der Waals surface area (Å²) in [5.74, 6) is 0.00108. The fourth-order valence-corrected chi connectivity index (χ4v) is 4.18. The van der Waals surface area contributed by atoms with Gasteiger partial charge in [0.15, 0.2) is 0 Å². The van der Waals surface area contributed by atoms with Gasteiger partial charge in [0.25, 0.3) is 0 Å². The van der Waals surface area contributed by atoms with Gasteiger partial charge in [0.1, 0.15) is 5.66 Å². The van der Waals surface area contributed by atoms with E-state index < -0.39 is 19.2 Å². The largest absolute Gasteiger partial charge is 0.352 e. The molecule has 3 N–H and O–H groups in total. The first kappa shape index (κ1) is 28.6. The summed E-state index contributed by atoms with van der Waals surface area (Å²) >= 11 is 0. The fourth-order valence-electron chi connectivity index (χ4n) is 3.30. The molecule has 0 rings (SSSR count). The molecule has 0 bridgehead atoms. The Balaban J connectivity index is 4.29. The summed E-state index contributed by atoms with van der Waals surface area (Å²) in [5, 5.41) is 2.60. The van der Waals surface area contributed by atoms with Crippen LogP contribution in [0.25, 0.3) is 0 Å². The van der Waals surface area contributed by atoms with E-state index in [1.165, 1.54) is 11.1 Å². The van der Waals surface area contributed by atoms with Gasteiger partial charge in [0.2, 0.25) is 5.91 Å². The molecule has 0 aliphatic rings. The SMILES string of the molecule is C/C=C/C(C)C/C(C)=C/CC/C(C)=C/CC/C(C)=C/CNC(=O)C(CC)P(=O)(O)O. The average Bonchev–Trinajstić information content (AvgIpc) is 2.61. The van der Waals surface area contributed by atoms with Crippen LogP contribution in [0.5, 0.6) is 0 Å². The number of carbonyl (C=O) groups excluding carboxylic acids is 1. The molecule has 0 radical (unpaired) electrons. The van der Waals surface area contributed by atoms with E-state index in [2.05, 4.69) is 57.3 Å². The summed E-state index contributed by atoms with van der Waals surface area (Å²) in [5.41, 5.74) is 2.71. The van der Waals surface area contributed by atoms with E-state index in [0.29, 0.717) is 12.5 Å². The second kappa shape index (κ2) is 15.4. The van der Waals surface area contributed by atoms with Crippen LogP contribution in [0.4, 0.5) is 0 Å². The van der Waals surface area contributed by atoms with Gasteiger partial charge in [0, 0.05) is 6.54 Å². The molecule has 0 aromatic rings. The topological polar surface area (TPSA) is 86.6 Å². The van der Waals surface area contributed by atoms with Crippen molar-refractivity contribution in [2.45, 2.75) is 85.7 Å². The highest BCUT2D eigenvalue weighted by Gasteiger charge is 2.33. The molecule has 0 fully saturated rings. The Bertz CT molecular complexity index is 685. The molecule has 0 aromatic carbocycles. The molecule has 2 unspecified atom stereocenters. The maximum atomic E-state index is 11.9. The molecule has 0 saturated heterocycles. The lowest BCUT2D eigenvalue weighted by Crippen LogP contribution is -2.34. The first-order chi connectivity index (χ1) is 14.0. The summed E-state index contributed by atoms with van der Waals surface area (Å²) in [6.07, 6.45) is 16.1. The Hall–Kier alpha value is -1.42. The zero-order valence-corrected chi connectivity index (χ0v) is 20.5. The van der Waals surface area contributed by atoms with Crippen LogP contribution in [0.3, 0.4) is 0 Å². The van der Waals surface area contributed by atoms with E-state index in [-0.39, 0.29) is 6.42 Å². The lowest BCUT2D eigenvalue weighted by molar-refractivity contribution is -0.120. The molecule has 1 amide bonds. The van der Waals surface area contributed by atoms with Gasteiger partial charge < -0.3 is 15.1 Å². The number of nitrogens with one attached hydrogen (secondary N) is 1. The lowest BCUT2D eigenvalue weighted by atomic mass is 10.00. The quantitative estimate of drug-likeness (QED) is 0.227. The van der Waals surface area contributed by atoms with Gasteiger partial charge in [0.05, 0.1) is 0 Å². The number of allylic oxidation sites excluding steroid dienone is 7. The highest BCUT2D eigenvalue weighted by molar-refractivity contribution is 7.53. The van der Waals surface area contributed by atoms with Crippen molar-refractivity contribution in [2.24, 2.45) is 5.92 Å². The number of rotatable bonds is 14. The van der Waals surface area contributed by atoms with E-state index >= 15 is 0 Å². The van der Waals surface area contributed by atoms with Crippen LogP contribution in [0.1, 0.15) is 80.1 Å². The van der Waals surface area contributed by atoms with Crippen molar-refractivity contribution in [3.8, 4) is 0 Å².